The molecule has 21 heavy (non-hydrogen) atoms. The zero-order valence-electron chi connectivity index (χ0n) is 12.0. The molecule has 6 heteroatoms. The number of carbonyl (C=O) groups excluding carboxylic acids is 1. The fraction of sp³-hybridized carbons (Fsp3) is 0.267. The highest BCUT2D eigenvalue weighted by Crippen LogP contribution is 2.40. The number of carbonyl (C=O) groups is 1. The van der Waals surface area contributed by atoms with Crippen LogP contribution in [-0.2, 0) is 0 Å². The molecule has 1 N–H and O–H groups in total. The van der Waals surface area contributed by atoms with Gasteiger partial charge in [0.1, 0.15) is 6.10 Å². The molecule has 0 aliphatic rings. The van der Waals surface area contributed by atoms with Gasteiger partial charge in [-0.15, -0.1) is 11.3 Å². The van der Waals surface area contributed by atoms with E-state index < -0.39 is 6.10 Å². The summed E-state index contributed by atoms with van der Waals surface area (Å²) in [4.78, 5) is 12.7. The highest BCUT2D eigenvalue weighted by atomic mass is 32.1. The van der Waals surface area contributed by atoms with Crippen LogP contribution < -0.4 is 14.2 Å². The molecule has 0 fully saturated rings. The second kappa shape index (κ2) is 6.60. The predicted octanol–water partition coefficient (Wildman–Crippen LogP) is 2.69. The Bertz CT molecular complexity index is 596. The van der Waals surface area contributed by atoms with Crippen LogP contribution in [0.1, 0.15) is 21.3 Å². The highest BCUT2D eigenvalue weighted by molar-refractivity contribution is 7.12. The molecular formula is C15H16O5S. The number of ketones is 1. The van der Waals surface area contributed by atoms with Crippen molar-refractivity contribution in [2.24, 2.45) is 0 Å². The van der Waals surface area contributed by atoms with E-state index in [1.807, 2.05) is 0 Å². The molecule has 0 bridgehead atoms. The molecule has 0 aliphatic heterocycles. The standard InChI is InChI=1S/C15H16O5S/c1-18-10-7-9(8-11(19-2)15(10)20-3)13(16)14(17)12-5-4-6-21-12/h4-8,13,16H,1-3H3. The van der Waals surface area contributed by atoms with Gasteiger partial charge in [0.05, 0.1) is 26.2 Å². The van der Waals surface area contributed by atoms with Crippen LogP contribution in [-0.4, -0.2) is 32.2 Å². The molecule has 0 spiro atoms. The van der Waals surface area contributed by atoms with E-state index in [0.717, 1.165) is 0 Å². The summed E-state index contributed by atoms with van der Waals surface area (Å²) in [6.45, 7) is 0. The molecule has 0 aliphatic carbocycles. The van der Waals surface area contributed by atoms with Crippen molar-refractivity contribution in [1.82, 2.24) is 0 Å². The quantitative estimate of drug-likeness (QED) is 0.831. The van der Waals surface area contributed by atoms with Crippen LogP contribution in [0.25, 0.3) is 0 Å². The summed E-state index contributed by atoms with van der Waals surface area (Å²) in [5.41, 5.74) is 0.392. The lowest BCUT2D eigenvalue weighted by Crippen LogP contribution is -2.11. The van der Waals surface area contributed by atoms with E-state index >= 15 is 0 Å². The van der Waals surface area contributed by atoms with Gasteiger partial charge in [0.25, 0.3) is 0 Å². The number of thiophene rings is 1. The summed E-state index contributed by atoms with van der Waals surface area (Å²) in [5.74, 6) is 0.841. The first kappa shape index (κ1) is 15.3. The molecule has 2 aromatic rings. The Morgan fingerprint density at radius 1 is 1.14 bits per heavy atom. The van der Waals surface area contributed by atoms with Crippen LogP contribution in [0.3, 0.4) is 0 Å². The van der Waals surface area contributed by atoms with Crippen molar-refractivity contribution < 1.29 is 24.1 Å². The van der Waals surface area contributed by atoms with Gasteiger partial charge >= 0.3 is 0 Å². The van der Waals surface area contributed by atoms with Gasteiger partial charge < -0.3 is 19.3 Å². The maximum Gasteiger partial charge on any atom is 0.205 e. The van der Waals surface area contributed by atoms with Crippen molar-refractivity contribution in [2.45, 2.75) is 6.10 Å². The maximum atomic E-state index is 12.2. The Hall–Kier alpha value is -2.05. The van der Waals surface area contributed by atoms with Gasteiger partial charge in [0, 0.05) is 0 Å². The van der Waals surface area contributed by atoms with E-state index in [0.29, 0.717) is 27.7 Å². The Kier molecular flexibility index (Phi) is 4.82. The normalized spacial score (nSPS) is 11.8. The molecule has 1 aromatic heterocycles. The lowest BCUT2D eigenvalue weighted by atomic mass is 10.0. The SMILES string of the molecule is COc1cc(C(O)C(=O)c2cccs2)cc(OC)c1OC. The van der Waals surface area contributed by atoms with E-state index in [9.17, 15) is 9.90 Å². The lowest BCUT2D eigenvalue weighted by molar-refractivity contribution is 0.0751. The van der Waals surface area contributed by atoms with Gasteiger partial charge in [0.15, 0.2) is 11.5 Å². The second-order valence-corrected chi connectivity index (χ2v) is 5.15. The van der Waals surface area contributed by atoms with Gasteiger partial charge in [-0.05, 0) is 29.1 Å². The van der Waals surface area contributed by atoms with Crippen LogP contribution in [0.2, 0.25) is 0 Å². The van der Waals surface area contributed by atoms with Crippen LogP contribution in [0, 0.1) is 0 Å². The monoisotopic (exact) mass is 308 g/mol. The first-order valence-electron chi connectivity index (χ1n) is 6.18. The van der Waals surface area contributed by atoms with Crippen LogP contribution >= 0.6 is 11.3 Å². The van der Waals surface area contributed by atoms with Gasteiger partial charge in [0.2, 0.25) is 11.5 Å². The first-order chi connectivity index (χ1) is 10.1. The van der Waals surface area contributed by atoms with Crippen molar-refractivity contribution in [3.05, 3.63) is 40.1 Å². The lowest BCUT2D eigenvalue weighted by Gasteiger charge is -2.16. The minimum atomic E-state index is -1.28. The third-order valence-electron chi connectivity index (χ3n) is 3.02. The average Bonchev–Trinajstić information content (AvgIpc) is 3.06. The third kappa shape index (κ3) is 3.01. The van der Waals surface area contributed by atoms with Crippen molar-refractivity contribution in [3.63, 3.8) is 0 Å². The minimum Gasteiger partial charge on any atom is -0.493 e. The molecular weight excluding hydrogens is 292 g/mol. The molecule has 0 saturated heterocycles. The van der Waals surface area contributed by atoms with E-state index in [1.54, 1.807) is 29.6 Å². The van der Waals surface area contributed by atoms with Crippen molar-refractivity contribution in [3.8, 4) is 17.2 Å². The minimum absolute atomic E-state index is 0.362. The number of hydrogen-bond acceptors (Lipinski definition) is 6. The van der Waals surface area contributed by atoms with Crippen LogP contribution in [0.15, 0.2) is 29.6 Å². The highest BCUT2D eigenvalue weighted by Gasteiger charge is 2.23. The summed E-state index contributed by atoms with van der Waals surface area (Å²) < 4.78 is 15.6. The zero-order chi connectivity index (χ0) is 15.4. The van der Waals surface area contributed by atoms with E-state index in [2.05, 4.69) is 0 Å². The summed E-state index contributed by atoms with van der Waals surface area (Å²) in [5, 5.41) is 12.1. The summed E-state index contributed by atoms with van der Waals surface area (Å²) >= 11 is 1.28. The third-order valence-corrected chi connectivity index (χ3v) is 3.90. The molecule has 0 amide bonds. The Morgan fingerprint density at radius 2 is 1.76 bits per heavy atom. The molecule has 0 radical (unpaired) electrons. The number of Topliss-reactive ketones (excluding diaryl/α,β-unsaturated/α-hetero) is 1. The van der Waals surface area contributed by atoms with Gasteiger partial charge in [-0.2, -0.15) is 0 Å². The van der Waals surface area contributed by atoms with Gasteiger partial charge in [-0.1, -0.05) is 6.07 Å². The smallest absolute Gasteiger partial charge is 0.205 e. The van der Waals surface area contributed by atoms with Crippen LogP contribution in [0.4, 0.5) is 0 Å². The van der Waals surface area contributed by atoms with Crippen molar-refractivity contribution in [1.29, 1.82) is 0 Å². The molecule has 5 nitrogen and oxygen atoms in total. The number of aliphatic hydroxyl groups is 1. The first-order valence-corrected chi connectivity index (χ1v) is 7.06. The number of aliphatic hydroxyl groups excluding tert-OH is 1. The second-order valence-electron chi connectivity index (χ2n) is 4.20. The average molecular weight is 308 g/mol. The Labute approximate surface area is 126 Å². The Morgan fingerprint density at radius 3 is 2.19 bits per heavy atom. The predicted molar refractivity (Wildman–Crippen MR) is 79.7 cm³/mol. The maximum absolute atomic E-state index is 12.2. The number of hydrogen-bond donors (Lipinski definition) is 1. The summed E-state index contributed by atoms with van der Waals surface area (Å²) in [6, 6.07) is 6.57. The van der Waals surface area contributed by atoms with Gasteiger partial charge in [-0.3, -0.25) is 4.79 Å². The number of rotatable bonds is 6. The number of benzene rings is 1. The molecule has 112 valence electrons. The zero-order valence-corrected chi connectivity index (χ0v) is 12.8. The fourth-order valence-electron chi connectivity index (χ4n) is 1.96. The van der Waals surface area contributed by atoms with Crippen LogP contribution in [0.5, 0.6) is 17.2 Å². The molecule has 1 atom stereocenters. The molecule has 2 rings (SSSR count). The van der Waals surface area contributed by atoms with E-state index in [1.165, 1.54) is 32.7 Å². The largest absolute Gasteiger partial charge is 0.493 e. The van der Waals surface area contributed by atoms with Crippen molar-refractivity contribution >= 4 is 17.1 Å². The van der Waals surface area contributed by atoms with E-state index in [-0.39, 0.29) is 5.78 Å². The topological polar surface area (TPSA) is 65.0 Å². The summed E-state index contributed by atoms with van der Waals surface area (Å²) in [7, 11) is 4.45. The molecule has 0 saturated carbocycles. The molecule has 1 aromatic carbocycles. The van der Waals surface area contributed by atoms with Gasteiger partial charge in [-0.25, -0.2) is 0 Å². The Balaban J connectivity index is 2.41. The fourth-order valence-corrected chi connectivity index (χ4v) is 2.65. The van der Waals surface area contributed by atoms with Crippen molar-refractivity contribution in [2.75, 3.05) is 21.3 Å². The van der Waals surface area contributed by atoms with E-state index in [4.69, 9.17) is 14.2 Å². The molecule has 1 heterocycles. The summed E-state index contributed by atoms with van der Waals surface area (Å²) in [6.07, 6.45) is -1.28. The number of methoxy groups -OCH3 is 3. The number of ether oxygens (including phenoxy) is 3. The molecule has 1 unspecified atom stereocenters.